The van der Waals surface area contributed by atoms with Crippen molar-refractivity contribution in [1.82, 2.24) is 10.2 Å². The number of urea groups is 1. The van der Waals surface area contributed by atoms with Crippen molar-refractivity contribution in [2.75, 3.05) is 19.6 Å². The summed E-state index contributed by atoms with van der Waals surface area (Å²) in [5.74, 6) is 0. The van der Waals surface area contributed by atoms with Gasteiger partial charge in [-0.3, -0.25) is 0 Å². The summed E-state index contributed by atoms with van der Waals surface area (Å²) in [5, 5.41) is 2.60. The fraction of sp³-hybridized carbons (Fsp3) is 0.714. The van der Waals surface area contributed by atoms with Crippen LogP contribution in [0.3, 0.4) is 0 Å². The number of nitrogens with two attached hydrogens (primary N) is 1. The van der Waals surface area contributed by atoms with Gasteiger partial charge in [0.1, 0.15) is 0 Å². The molecule has 0 saturated carbocycles. The molecule has 12 heavy (non-hydrogen) atoms. The molecule has 0 unspecified atom stereocenters. The van der Waals surface area contributed by atoms with Crippen LogP contribution in [-0.4, -0.2) is 35.6 Å². The van der Waals surface area contributed by atoms with Crippen LogP contribution in [0.15, 0.2) is 0 Å². The first-order valence-corrected chi connectivity index (χ1v) is 4.33. The third-order valence-electron chi connectivity index (χ3n) is 1.46. The molecule has 2 amide bonds. The number of carbonyl (C=O) groups excluding carboxylic acids is 1. The summed E-state index contributed by atoms with van der Waals surface area (Å²) in [6.45, 7) is 5.50. The van der Waals surface area contributed by atoms with E-state index in [1.807, 2.05) is 13.8 Å². The predicted molar refractivity (Wildman–Crippen MR) is 53.1 cm³/mol. The summed E-state index contributed by atoms with van der Waals surface area (Å²) in [4.78, 5) is 13.2. The molecule has 0 aliphatic rings. The maximum Gasteiger partial charge on any atom is 0.317 e. The predicted octanol–water partition coefficient (Wildman–Crippen LogP) is 0.324. The zero-order valence-corrected chi connectivity index (χ0v) is 8.28. The highest BCUT2D eigenvalue weighted by molar-refractivity contribution is 7.80. The van der Waals surface area contributed by atoms with Gasteiger partial charge in [0.05, 0.1) is 11.5 Å². The number of hydrogen-bond donors (Lipinski definition) is 2. The highest BCUT2D eigenvalue weighted by Crippen LogP contribution is 1.86. The molecule has 0 rings (SSSR count). The Kier molecular flexibility index (Phi) is 5.36. The molecule has 0 aromatic rings. The van der Waals surface area contributed by atoms with Crippen LogP contribution in [0.5, 0.6) is 0 Å². The fourth-order valence-corrected chi connectivity index (χ4v) is 0.858. The van der Waals surface area contributed by atoms with Gasteiger partial charge in [-0.1, -0.05) is 12.2 Å². The van der Waals surface area contributed by atoms with E-state index in [9.17, 15) is 4.79 Å². The zero-order valence-electron chi connectivity index (χ0n) is 7.46. The average molecular weight is 189 g/mol. The number of thiocarbonyl (C=S) groups is 1. The Hall–Kier alpha value is -0.840. The largest absolute Gasteiger partial charge is 0.392 e. The summed E-state index contributed by atoms with van der Waals surface area (Å²) in [6.07, 6.45) is 0. The number of nitrogens with zero attached hydrogens (tertiary/aromatic N) is 1. The van der Waals surface area contributed by atoms with Crippen LogP contribution in [0.4, 0.5) is 4.79 Å². The van der Waals surface area contributed by atoms with Crippen molar-refractivity contribution in [3.63, 3.8) is 0 Å². The van der Waals surface area contributed by atoms with Crippen molar-refractivity contribution in [2.24, 2.45) is 5.73 Å². The minimum atomic E-state index is -0.118. The smallest absolute Gasteiger partial charge is 0.317 e. The van der Waals surface area contributed by atoms with Crippen molar-refractivity contribution >= 4 is 23.2 Å². The molecule has 70 valence electrons. The van der Waals surface area contributed by atoms with Crippen molar-refractivity contribution in [1.29, 1.82) is 0 Å². The quantitative estimate of drug-likeness (QED) is 0.626. The first-order chi connectivity index (χ1) is 5.61. The van der Waals surface area contributed by atoms with E-state index < -0.39 is 0 Å². The third-order valence-corrected chi connectivity index (χ3v) is 1.61. The Bertz CT molecular complexity index is 168. The van der Waals surface area contributed by atoms with Gasteiger partial charge in [-0.25, -0.2) is 4.79 Å². The normalized spacial score (nSPS) is 9.17. The topological polar surface area (TPSA) is 58.4 Å². The molecule has 0 saturated heterocycles. The minimum absolute atomic E-state index is 0.118. The van der Waals surface area contributed by atoms with Gasteiger partial charge in [0.25, 0.3) is 0 Å². The molecule has 0 aliphatic heterocycles. The second-order valence-corrected chi connectivity index (χ2v) is 2.82. The summed E-state index contributed by atoms with van der Waals surface area (Å²) in [5.41, 5.74) is 5.22. The lowest BCUT2D eigenvalue weighted by Crippen LogP contribution is -2.42. The second kappa shape index (κ2) is 5.77. The molecule has 0 bridgehead atoms. The lowest BCUT2D eigenvalue weighted by atomic mass is 10.5. The lowest BCUT2D eigenvalue weighted by molar-refractivity contribution is 0.205. The molecule has 0 radical (unpaired) electrons. The van der Waals surface area contributed by atoms with E-state index in [0.29, 0.717) is 18.1 Å². The number of nitrogens with one attached hydrogen (secondary N) is 1. The van der Waals surface area contributed by atoms with Crippen LogP contribution >= 0.6 is 12.2 Å². The molecule has 3 N–H and O–H groups in total. The van der Waals surface area contributed by atoms with Crippen LogP contribution in [0.2, 0.25) is 0 Å². The first kappa shape index (κ1) is 11.2. The molecular weight excluding hydrogens is 174 g/mol. The standard InChI is InChI=1S/C7H15N3OS/c1-3-10(4-2)7(11)9-5-6(8)12/h3-5H2,1-2H3,(H2,8,12)(H,9,11). The summed E-state index contributed by atoms with van der Waals surface area (Å²) >= 11 is 4.62. The SMILES string of the molecule is CCN(CC)C(=O)NCC(N)=S. The van der Waals surface area contributed by atoms with Gasteiger partial charge in [-0.15, -0.1) is 0 Å². The molecule has 0 fully saturated rings. The molecule has 0 aliphatic carbocycles. The maximum atomic E-state index is 11.2. The van der Waals surface area contributed by atoms with Crippen molar-refractivity contribution in [2.45, 2.75) is 13.8 Å². The van der Waals surface area contributed by atoms with E-state index in [2.05, 4.69) is 17.5 Å². The minimum Gasteiger partial charge on any atom is -0.392 e. The number of carbonyl (C=O) groups is 1. The highest BCUT2D eigenvalue weighted by Gasteiger charge is 2.07. The molecule has 0 aromatic heterocycles. The first-order valence-electron chi connectivity index (χ1n) is 3.92. The van der Waals surface area contributed by atoms with Crippen molar-refractivity contribution < 1.29 is 4.79 Å². The Morgan fingerprint density at radius 1 is 1.50 bits per heavy atom. The van der Waals surface area contributed by atoms with E-state index in [1.165, 1.54) is 0 Å². The lowest BCUT2D eigenvalue weighted by Gasteiger charge is -2.18. The zero-order chi connectivity index (χ0) is 9.56. The average Bonchev–Trinajstić information content (AvgIpc) is 2.03. The van der Waals surface area contributed by atoms with Crippen LogP contribution in [0.25, 0.3) is 0 Å². The van der Waals surface area contributed by atoms with E-state index in [1.54, 1.807) is 4.90 Å². The van der Waals surface area contributed by atoms with Gasteiger partial charge in [-0.2, -0.15) is 0 Å². The van der Waals surface area contributed by atoms with E-state index in [0.717, 1.165) is 0 Å². The van der Waals surface area contributed by atoms with Crippen LogP contribution in [0, 0.1) is 0 Å². The Balaban J connectivity index is 3.77. The summed E-state index contributed by atoms with van der Waals surface area (Å²) < 4.78 is 0. The van der Waals surface area contributed by atoms with E-state index >= 15 is 0 Å². The monoisotopic (exact) mass is 189 g/mol. The third kappa shape index (κ3) is 4.12. The van der Waals surface area contributed by atoms with Gasteiger partial charge < -0.3 is 16.0 Å². The van der Waals surface area contributed by atoms with E-state index in [4.69, 9.17) is 5.73 Å². The molecule has 4 nitrogen and oxygen atoms in total. The number of rotatable bonds is 4. The summed E-state index contributed by atoms with van der Waals surface area (Å²) in [6, 6.07) is -0.118. The Morgan fingerprint density at radius 2 is 2.00 bits per heavy atom. The van der Waals surface area contributed by atoms with Gasteiger partial charge in [0, 0.05) is 13.1 Å². The molecular formula is C7H15N3OS. The molecule has 0 aromatic carbocycles. The maximum absolute atomic E-state index is 11.2. The fourth-order valence-electron chi connectivity index (χ4n) is 0.785. The van der Waals surface area contributed by atoms with Crippen LogP contribution in [-0.2, 0) is 0 Å². The van der Waals surface area contributed by atoms with Crippen molar-refractivity contribution in [3.05, 3.63) is 0 Å². The van der Waals surface area contributed by atoms with Crippen LogP contribution < -0.4 is 11.1 Å². The van der Waals surface area contributed by atoms with Gasteiger partial charge in [0.15, 0.2) is 0 Å². The van der Waals surface area contributed by atoms with Gasteiger partial charge in [-0.05, 0) is 13.8 Å². The van der Waals surface area contributed by atoms with Crippen LogP contribution in [0.1, 0.15) is 13.8 Å². The highest BCUT2D eigenvalue weighted by atomic mass is 32.1. The molecule has 0 atom stereocenters. The molecule has 0 heterocycles. The second-order valence-electron chi connectivity index (χ2n) is 2.30. The Morgan fingerprint density at radius 3 is 2.33 bits per heavy atom. The number of amides is 2. The Labute approximate surface area is 78.1 Å². The van der Waals surface area contributed by atoms with E-state index in [-0.39, 0.29) is 12.6 Å². The molecule has 5 heteroatoms. The molecule has 0 spiro atoms. The van der Waals surface area contributed by atoms with Gasteiger partial charge in [0.2, 0.25) is 0 Å². The number of hydrogen-bond acceptors (Lipinski definition) is 2. The van der Waals surface area contributed by atoms with Gasteiger partial charge >= 0.3 is 6.03 Å². The summed E-state index contributed by atoms with van der Waals surface area (Å²) in [7, 11) is 0. The van der Waals surface area contributed by atoms with Crippen molar-refractivity contribution in [3.8, 4) is 0 Å².